The van der Waals surface area contributed by atoms with Gasteiger partial charge in [0.05, 0.1) is 5.56 Å². The second kappa shape index (κ2) is 15.0. The normalized spacial score (nSPS) is 25.3. The van der Waals surface area contributed by atoms with Crippen LogP contribution in [0.3, 0.4) is 0 Å². The van der Waals surface area contributed by atoms with E-state index in [9.17, 15) is 14.7 Å². The average molecular weight is 746 g/mol. The van der Waals surface area contributed by atoms with E-state index in [1.807, 2.05) is 23.1 Å². The number of hydrogen-bond acceptors (Lipinski definition) is 10. The van der Waals surface area contributed by atoms with Gasteiger partial charge in [-0.1, -0.05) is 0 Å². The van der Waals surface area contributed by atoms with E-state index in [-0.39, 0.29) is 41.3 Å². The highest BCUT2D eigenvalue weighted by molar-refractivity contribution is 5.95. The van der Waals surface area contributed by atoms with E-state index in [1.165, 1.54) is 6.20 Å². The van der Waals surface area contributed by atoms with E-state index in [1.54, 1.807) is 12.4 Å². The maximum Gasteiger partial charge on any atom is 0.303 e. The molecule has 5 aliphatic rings. The number of rotatable bonds is 10. The smallest absolute Gasteiger partial charge is 0.303 e. The standard InChI is InChI=1S/C40H49F2N7O5/c1-39(41,42)35-31(36(52)45-22-28-18-25-15-26(19-28)17-27(16-25)20-34(50)51)23-46-38(47-35)49-24-40(7-13-53-14-8-40)32-21-30(3-4-33(32)49)54-29-5-11-48(12-6-29)37-43-9-2-10-44-37/h2-4,9-10,21,23,25-29H,5-8,11-20,22,24H2,1H3,(H,45,52)(H,50,51). The van der Waals surface area contributed by atoms with Crippen LogP contribution in [0.25, 0.3) is 0 Å². The summed E-state index contributed by atoms with van der Waals surface area (Å²) in [5.74, 6) is -1.83. The fourth-order valence-electron chi connectivity index (χ4n) is 9.95. The van der Waals surface area contributed by atoms with Gasteiger partial charge < -0.3 is 29.7 Å². The molecule has 3 aliphatic heterocycles. The fraction of sp³-hybridized carbons (Fsp3) is 0.600. The molecule has 2 unspecified atom stereocenters. The molecule has 14 heteroatoms. The summed E-state index contributed by atoms with van der Waals surface area (Å²) in [7, 11) is 0. The summed E-state index contributed by atoms with van der Waals surface area (Å²) >= 11 is 0. The highest BCUT2D eigenvalue weighted by Gasteiger charge is 2.46. The molecule has 3 aromatic rings. The highest BCUT2D eigenvalue weighted by atomic mass is 19.3. The molecule has 12 nitrogen and oxygen atoms in total. The van der Waals surface area contributed by atoms with Gasteiger partial charge in [-0.3, -0.25) is 9.59 Å². The molecular formula is C40H49F2N7O5. The summed E-state index contributed by atoms with van der Waals surface area (Å²) in [6.45, 7) is 4.41. The lowest BCUT2D eigenvalue weighted by Crippen LogP contribution is -2.39. The number of nitrogens with one attached hydrogen (secondary N) is 1. The molecule has 2 atom stereocenters. The first-order chi connectivity index (χ1) is 26.0. The first-order valence-electron chi connectivity index (χ1n) is 19.5. The number of aliphatic carboxylic acids is 1. The minimum Gasteiger partial charge on any atom is -0.490 e. The quantitative estimate of drug-likeness (QED) is 0.242. The van der Waals surface area contributed by atoms with E-state index in [4.69, 9.17) is 9.47 Å². The third-order valence-corrected chi connectivity index (χ3v) is 12.3. The minimum absolute atomic E-state index is 0.0384. The molecule has 1 aromatic carbocycles. The Morgan fingerprint density at radius 2 is 1.70 bits per heavy atom. The van der Waals surface area contributed by atoms with Crippen LogP contribution in [0.1, 0.15) is 92.7 Å². The Morgan fingerprint density at radius 3 is 2.39 bits per heavy atom. The first kappa shape index (κ1) is 36.5. The molecule has 0 radical (unpaired) electrons. The number of nitrogens with zero attached hydrogens (tertiary/aromatic N) is 6. The summed E-state index contributed by atoms with van der Waals surface area (Å²) in [5.41, 5.74) is 0.805. The van der Waals surface area contributed by atoms with Crippen molar-refractivity contribution in [3.05, 3.63) is 59.7 Å². The largest absolute Gasteiger partial charge is 0.490 e. The van der Waals surface area contributed by atoms with Gasteiger partial charge in [0.2, 0.25) is 11.9 Å². The Bertz CT molecular complexity index is 1820. The molecule has 288 valence electrons. The number of aromatic nitrogens is 4. The average Bonchev–Trinajstić information content (AvgIpc) is 3.46. The number of halogens is 2. The van der Waals surface area contributed by atoms with E-state index in [0.29, 0.717) is 38.1 Å². The molecule has 2 aliphatic carbocycles. The number of carboxylic acid groups (broad SMARTS) is 1. The molecule has 2 aromatic heterocycles. The lowest BCUT2D eigenvalue weighted by Gasteiger charge is -2.42. The van der Waals surface area contributed by atoms with Crippen molar-refractivity contribution in [1.29, 1.82) is 0 Å². The molecule has 1 spiro atoms. The predicted octanol–water partition coefficient (Wildman–Crippen LogP) is 6.27. The van der Waals surface area contributed by atoms with E-state index < -0.39 is 23.5 Å². The van der Waals surface area contributed by atoms with Gasteiger partial charge in [-0.25, -0.2) is 19.9 Å². The molecule has 8 rings (SSSR count). The van der Waals surface area contributed by atoms with Crippen molar-refractivity contribution in [3.63, 3.8) is 0 Å². The Balaban J connectivity index is 0.973. The van der Waals surface area contributed by atoms with Crippen LogP contribution in [-0.2, 0) is 20.9 Å². The summed E-state index contributed by atoms with van der Waals surface area (Å²) < 4.78 is 42.9. The van der Waals surface area contributed by atoms with Crippen molar-refractivity contribution >= 4 is 29.5 Å². The maximum absolute atomic E-state index is 15.3. The van der Waals surface area contributed by atoms with Crippen molar-refractivity contribution in [2.75, 3.05) is 49.2 Å². The molecule has 1 amide bonds. The molecule has 2 saturated carbocycles. The molecule has 4 fully saturated rings. The van der Waals surface area contributed by atoms with Crippen LogP contribution in [0.4, 0.5) is 26.4 Å². The van der Waals surface area contributed by atoms with E-state index in [2.05, 4.69) is 36.2 Å². The van der Waals surface area contributed by atoms with Crippen molar-refractivity contribution in [3.8, 4) is 5.75 Å². The molecule has 2 bridgehead atoms. The van der Waals surface area contributed by atoms with Gasteiger partial charge in [0.25, 0.3) is 11.8 Å². The lowest BCUT2D eigenvalue weighted by molar-refractivity contribution is -0.138. The number of carbonyl (C=O) groups is 2. The maximum atomic E-state index is 15.3. The zero-order valence-electron chi connectivity index (χ0n) is 30.8. The second-order valence-electron chi connectivity index (χ2n) is 16.3. The number of amides is 1. The number of carbonyl (C=O) groups excluding carboxylic acids is 1. The van der Waals surface area contributed by atoms with Gasteiger partial charge in [-0.15, -0.1) is 0 Å². The van der Waals surface area contributed by atoms with E-state index in [0.717, 1.165) is 101 Å². The third kappa shape index (κ3) is 7.71. The summed E-state index contributed by atoms with van der Waals surface area (Å²) in [6.07, 6.45) is 12.8. The Hall–Kier alpha value is -4.46. The van der Waals surface area contributed by atoms with Crippen molar-refractivity contribution < 1.29 is 33.0 Å². The summed E-state index contributed by atoms with van der Waals surface area (Å²) in [5, 5.41) is 12.2. The number of ether oxygens (including phenoxy) is 2. The monoisotopic (exact) mass is 745 g/mol. The van der Waals surface area contributed by atoms with Gasteiger partial charge in [-0.05, 0) is 98.4 Å². The van der Waals surface area contributed by atoms with Gasteiger partial charge in [0.1, 0.15) is 17.5 Å². The highest BCUT2D eigenvalue weighted by Crippen LogP contribution is 2.50. The van der Waals surface area contributed by atoms with Crippen LogP contribution in [0, 0.1) is 23.7 Å². The Morgan fingerprint density at radius 1 is 1.00 bits per heavy atom. The zero-order valence-corrected chi connectivity index (χ0v) is 30.8. The number of anilines is 3. The van der Waals surface area contributed by atoms with Gasteiger partial charge in [0.15, 0.2) is 0 Å². The topological polar surface area (TPSA) is 143 Å². The van der Waals surface area contributed by atoms with Gasteiger partial charge in [-0.2, -0.15) is 8.78 Å². The number of carboxylic acids is 1. The number of piperidine rings is 1. The minimum atomic E-state index is -3.38. The van der Waals surface area contributed by atoms with Crippen LogP contribution in [0.2, 0.25) is 0 Å². The molecule has 2 N–H and O–H groups in total. The van der Waals surface area contributed by atoms with Crippen LogP contribution in [0.5, 0.6) is 5.75 Å². The van der Waals surface area contributed by atoms with Crippen molar-refractivity contribution in [2.45, 2.75) is 88.6 Å². The summed E-state index contributed by atoms with van der Waals surface area (Å²) in [6, 6.07) is 7.80. The van der Waals surface area contributed by atoms with Crippen molar-refractivity contribution in [1.82, 2.24) is 25.3 Å². The van der Waals surface area contributed by atoms with Crippen LogP contribution < -0.4 is 19.9 Å². The SMILES string of the molecule is CC(F)(F)c1nc(N2CC3(CCOCC3)c3cc(OC4CCN(c5ncccn5)CC4)ccc32)ncc1C(=O)NCC1CC2CC(CC(=O)O)CC(C1)C2. The molecule has 2 saturated heterocycles. The number of alkyl halides is 2. The van der Waals surface area contributed by atoms with Crippen LogP contribution in [0.15, 0.2) is 42.9 Å². The van der Waals surface area contributed by atoms with Crippen LogP contribution >= 0.6 is 0 Å². The first-order valence-corrected chi connectivity index (χ1v) is 19.5. The van der Waals surface area contributed by atoms with Gasteiger partial charge in [0, 0.05) is 95.3 Å². The number of benzene rings is 1. The van der Waals surface area contributed by atoms with E-state index >= 15 is 8.78 Å². The number of hydrogen-bond donors (Lipinski definition) is 2. The predicted molar refractivity (Wildman–Crippen MR) is 196 cm³/mol. The summed E-state index contributed by atoms with van der Waals surface area (Å²) in [4.78, 5) is 46.6. The lowest BCUT2D eigenvalue weighted by atomic mass is 9.64. The Kier molecular flexibility index (Phi) is 10.1. The Labute approximate surface area is 314 Å². The fourth-order valence-corrected chi connectivity index (χ4v) is 9.95. The zero-order chi connectivity index (χ0) is 37.5. The molecule has 54 heavy (non-hydrogen) atoms. The number of fused-ring (bicyclic) bond motifs is 4. The van der Waals surface area contributed by atoms with Crippen molar-refractivity contribution in [2.24, 2.45) is 23.7 Å². The molecular weight excluding hydrogens is 696 g/mol. The molecule has 5 heterocycles. The third-order valence-electron chi connectivity index (χ3n) is 12.3. The van der Waals surface area contributed by atoms with Crippen LogP contribution in [-0.4, -0.2) is 82.4 Å². The second-order valence-corrected chi connectivity index (χ2v) is 16.3. The van der Waals surface area contributed by atoms with Gasteiger partial charge >= 0.3 is 5.97 Å².